The Labute approximate surface area is 115 Å². The van der Waals surface area contributed by atoms with Gasteiger partial charge in [0.2, 0.25) is 5.89 Å². The first-order valence-corrected chi connectivity index (χ1v) is 6.39. The van der Waals surface area contributed by atoms with Crippen LogP contribution in [0.25, 0.3) is 11.0 Å². The molecular formula is C14H15N5O. The van der Waals surface area contributed by atoms with E-state index in [4.69, 9.17) is 10.3 Å². The van der Waals surface area contributed by atoms with E-state index in [0.29, 0.717) is 24.6 Å². The number of hydrogen-bond acceptors (Lipinski definition) is 5. The second-order valence-electron chi connectivity index (χ2n) is 4.56. The van der Waals surface area contributed by atoms with Gasteiger partial charge in [-0.1, -0.05) is 23.4 Å². The molecule has 0 fully saturated rings. The second kappa shape index (κ2) is 5.26. The van der Waals surface area contributed by atoms with Crippen molar-refractivity contribution in [3.8, 4) is 0 Å². The second-order valence-corrected chi connectivity index (χ2v) is 4.56. The van der Waals surface area contributed by atoms with Crippen LogP contribution in [0.2, 0.25) is 0 Å². The van der Waals surface area contributed by atoms with Gasteiger partial charge in [0.25, 0.3) is 0 Å². The van der Waals surface area contributed by atoms with Gasteiger partial charge in [-0.15, -0.1) is 6.58 Å². The molecule has 3 rings (SSSR count). The van der Waals surface area contributed by atoms with Crippen molar-refractivity contribution < 1.29 is 4.52 Å². The van der Waals surface area contributed by atoms with Crippen molar-refractivity contribution in [3.05, 3.63) is 54.5 Å². The third-order valence-corrected chi connectivity index (χ3v) is 2.99. The molecule has 0 bridgehead atoms. The lowest BCUT2D eigenvalue weighted by Crippen LogP contribution is -2.09. The highest BCUT2D eigenvalue weighted by Crippen LogP contribution is 2.15. The molecular weight excluding hydrogens is 254 g/mol. The van der Waals surface area contributed by atoms with Gasteiger partial charge in [-0.05, 0) is 18.6 Å². The number of H-pyrrole nitrogens is 1. The number of aromatic nitrogens is 4. The predicted molar refractivity (Wildman–Crippen MR) is 74.9 cm³/mol. The maximum absolute atomic E-state index is 5.88. The van der Waals surface area contributed by atoms with Gasteiger partial charge in [-0.3, -0.25) is 0 Å². The molecule has 0 aliphatic carbocycles. The Bertz CT molecular complexity index is 697. The molecule has 0 saturated heterocycles. The van der Waals surface area contributed by atoms with Crippen LogP contribution >= 0.6 is 0 Å². The van der Waals surface area contributed by atoms with Crippen LogP contribution in [0.3, 0.4) is 0 Å². The van der Waals surface area contributed by atoms with E-state index in [0.717, 1.165) is 16.9 Å². The van der Waals surface area contributed by atoms with Crippen LogP contribution < -0.4 is 5.73 Å². The Morgan fingerprint density at radius 1 is 1.35 bits per heavy atom. The van der Waals surface area contributed by atoms with E-state index < -0.39 is 0 Å². The van der Waals surface area contributed by atoms with Crippen molar-refractivity contribution in [2.75, 3.05) is 0 Å². The van der Waals surface area contributed by atoms with Crippen molar-refractivity contribution in [1.82, 2.24) is 20.1 Å². The van der Waals surface area contributed by atoms with E-state index in [1.165, 1.54) is 0 Å². The molecule has 0 aliphatic rings. The summed E-state index contributed by atoms with van der Waals surface area (Å²) in [6.45, 7) is 3.64. The molecule has 3 aromatic rings. The van der Waals surface area contributed by atoms with Crippen molar-refractivity contribution in [1.29, 1.82) is 0 Å². The van der Waals surface area contributed by atoms with Crippen LogP contribution in [0.1, 0.15) is 30.0 Å². The zero-order chi connectivity index (χ0) is 13.9. The topological polar surface area (TPSA) is 93.6 Å². The molecule has 0 saturated carbocycles. The maximum Gasteiger partial charge on any atom is 0.243 e. The summed E-state index contributed by atoms with van der Waals surface area (Å²) in [4.78, 5) is 12.0. The summed E-state index contributed by atoms with van der Waals surface area (Å²) in [6.07, 6.45) is 2.82. The Morgan fingerprint density at radius 3 is 3.00 bits per heavy atom. The Hall–Kier alpha value is -2.47. The monoisotopic (exact) mass is 269 g/mol. The van der Waals surface area contributed by atoms with E-state index in [9.17, 15) is 0 Å². The number of para-hydroxylation sites is 2. The molecule has 0 spiro atoms. The number of nitrogens with two attached hydrogens (primary N) is 1. The van der Waals surface area contributed by atoms with Gasteiger partial charge in [-0.2, -0.15) is 4.98 Å². The third-order valence-electron chi connectivity index (χ3n) is 2.99. The Morgan fingerprint density at radius 2 is 2.20 bits per heavy atom. The van der Waals surface area contributed by atoms with Gasteiger partial charge in [0.15, 0.2) is 5.82 Å². The molecule has 1 unspecified atom stereocenters. The summed E-state index contributed by atoms with van der Waals surface area (Å²) < 4.78 is 5.15. The van der Waals surface area contributed by atoms with Crippen molar-refractivity contribution >= 4 is 11.0 Å². The normalized spacial score (nSPS) is 12.7. The zero-order valence-corrected chi connectivity index (χ0v) is 10.9. The van der Waals surface area contributed by atoms with Gasteiger partial charge < -0.3 is 15.2 Å². The highest BCUT2D eigenvalue weighted by Gasteiger charge is 2.14. The average molecular weight is 269 g/mol. The first-order chi connectivity index (χ1) is 9.76. The number of fused-ring (bicyclic) bond motifs is 1. The summed E-state index contributed by atoms with van der Waals surface area (Å²) in [5, 5.41) is 3.92. The van der Waals surface area contributed by atoms with Crippen LogP contribution in [0.5, 0.6) is 0 Å². The molecule has 2 heterocycles. The summed E-state index contributed by atoms with van der Waals surface area (Å²) in [5.41, 5.74) is 7.80. The SMILES string of the molecule is C=CCC(N)c1nc(Cc2nc3ccccc3[nH]2)no1. The minimum absolute atomic E-state index is 0.301. The van der Waals surface area contributed by atoms with E-state index in [2.05, 4.69) is 26.7 Å². The standard InChI is InChI=1S/C14H15N5O/c1-2-5-9(15)14-18-13(19-20-14)8-12-16-10-6-3-4-7-11(10)17-12/h2-4,6-7,9H,1,5,8,15H2,(H,16,17). The van der Waals surface area contributed by atoms with Gasteiger partial charge in [0.1, 0.15) is 5.82 Å². The number of hydrogen-bond donors (Lipinski definition) is 2. The predicted octanol–water partition coefficient (Wildman–Crippen LogP) is 2.11. The number of aromatic amines is 1. The number of nitrogens with zero attached hydrogens (tertiary/aromatic N) is 3. The first kappa shape index (κ1) is 12.6. The Balaban J connectivity index is 1.79. The molecule has 0 radical (unpaired) electrons. The number of nitrogens with one attached hydrogen (secondary N) is 1. The molecule has 1 atom stereocenters. The third kappa shape index (κ3) is 2.46. The molecule has 6 heteroatoms. The van der Waals surface area contributed by atoms with Crippen LogP contribution in [-0.4, -0.2) is 20.1 Å². The molecule has 2 aromatic heterocycles. The largest absolute Gasteiger partial charge is 0.342 e. The Kier molecular flexibility index (Phi) is 3.30. The van der Waals surface area contributed by atoms with Gasteiger partial charge in [-0.25, -0.2) is 4.98 Å². The number of benzene rings is 1. The highest BCUT2D eigenvalue weighted by molar-refractivity contribution is 5.74. The quantitative estimate of drug-likeness (QED) is 0.692. The lowest BCUT2D eigenvalue weighted by Gasteiger charge is -1.99. The van der Waals surface area contributed by atoms with Crippen molar-refractivity contribution in [3.63, 3.8) is 0 Å². The van der Waals surface area contributed by atoms with Crippen LogP contribution in [0.15, 0.2) is 41.4 Å². The average Bonchev–Trinajstić information content (AvgIpc) is 3.05. The van der Waals surface area contributed by atoms with Crippen molar-refractivity contribution in [2.45, 2.75) is 18.9 Å². The lowest BCUT2D eigenvalue weighted by atomic mass is 10.2. The molecule has 3 N–H and O–H groups in total. The molecule has 6 nitrogen and oxygen atoms in total. The summed E-state index contributed by atoms with van der Waals surface area (Å²) in [7, 11) is 0. The number of rotatable bonds is 5. The molecule has 0 amide bonds. The molecule has 20 heavy (non-hydrogen) atoms. The highest BCUT2D eigenvalue weighted by atomic mass is 16.5. The van der Waals surface area contributed by atoms with Gasteiger partial charge >= 0.3 is 0 Å². The first-order valence-electron chi connectivity index (χ1n) is 6.39. The summed E-state index contributed by atoms with van der Waals surface area (Å²) >= 11 is 0. The van der Waals surface area contributed by atoms with E-state index in [1.807, 2.05) is 24.3 Å². The minimum Gasteiger partial charge on any atom is -0.342 e. The summed E-state index contributed by atoms with van der Waals surface area (Å²) in [6, 6.07) is 7.55. The fourth-order valence-electron chi connectivity index (χ4n) is 2.01. The van der Waals surface area contributed by atoms with Crippen LogP contribution in [-0.2, 0) is 6.42 Å². The maximum atomic E-state index is 5.88. The van der Waals surface area contributed by atoms with E-state index in [1.54, 1.807) is 6.08 Å². The zero-order valence-electron chi connectivity index (χ0n) is 10.9. The summed E-state index contributed by atoms with van der Waals surface area (Å²) in [5.74, 6) is 1.80. The van der Waals surface area contributed by atoms with Gasteiger partial charge in [0.05, 0.1) is 23.5 Å². The molecule has 102 valence electrons. The smallest absolute Gasteiger partial charge is 0.243 e. The lowest BCUT2D eigenvalue weighted by molar-refractivity contribution is 0.352. The van der Waals surface area contributed by atoms with E-state index in [-0.39, 0.29) is 6.04 Å². The van der Waals surface area contributed by atoms with Crippen LogP contribution in [0.4, 0.5) is 0 Å². The fourth-order valence-corrected chi connectivity index (χ4v) is 2.01. The minimum atomic E-state index is -0.301. The van der Waals surface area contributed by atoms with E-state index >= 15 is 0 Å². The fraction of sp³-hybridized carbons (Fsp3) is 0.214. The number of imidazole rings is 1. The molecule has 0 aliphatic heterocycles. The van der Waals surface area contributed by atoms with Gasteiger partial charge in [0, 0.05) is 0 Å². The molecule has 1 aromatic carbocycles. The van der Waals surface area contributed by atoms with Crippen LogP contribution in [0, 0.1) is 0 Å². The van der Waals surface area contributed by atoms with Crippen molar-refractivity contribution in [2.24, 2.45) is 5.73 Å².